The number of aliphatic hydroxyl groups is 1. The van der Waals surface area contributed by atoms with Crippen molar-refractivity contribution in [2.75, 3.05) is 23.3 Å². The van der Waals surface area contributed by atoms with E-state index in [0.717, 1.165) is 0 Å². The van der Waals surface area contributed by atoms with Gasteiger partial charge in [0.05, 0.1) is 24.8 Å². The summed E-state index contributed by atoms with van der Waals surface area (Å²) in [5, 5.41) is 12.1. The fourth-order valence-corrected chi connectivity index (χ4v) is 4.28. The van der Waals surface area contributed by atoms with Gasteiger partial charge in [-0.3, -0.25) is 9.52 Å². The Labute approximate surface area is 196 Å². The van der Waals surface area contributed by atoms with Crippen LogP contribution in [0.25, 0.3) is 0 Å². The summed E-state index contributed by atoms with van der Waals surface area (Å²) in [5.41, 5.74) is -1.51. The van der Waals surface area contributed by atoms with E-state index < -0.39 is 21.5 Å². The molecule has 3 N–H and O–H groups in total. The fourth-order valence-electron chi connectivity index (χ4n) is 2.97. The molecule has 11 heteroatoms. The third-order valence-corrected chi connectivity index (χ3v) is 6.08. The molecule has 0 heterocycles. The average molecular weight is 501 g/mol. The lowest BCUT2D eigenvalue weighted by molar-refractivity contribution is -0.122. The minimum atomic E-state index is -4.09. The number of hydrogen-bond donors (Lipinski definition) is 3. The van der Waals surface area contributed by atoms with Crippen LogP contribution in [0.1, 0.15) is 27.7 Å². The van der Waals surface area contributed by atoms with Crippen LogP contribution in [0, 0.1) is 11.8 Å². The molecule has 0 spiro atoms. The molecule has 3 atom stereocenters. The first-order valence-corrected chi connectivity index (χ1v) is 12.4. The van der Waals surface area contributed by atoms with Crippen molar-refractivity contribution in [3.8, 4) is 11.5 Å². The lowest BCUT2D eigenvalue weighted by Crippen LogP contribution is -2.29. The highest BCUT2D eigenvalue weighted by Gasteiger charge is 2.24. The number of anilines is 2. The van der Waals surface area contributed by atoms with E-state index in [9.17, 15) is 22.7 Å². The Morgan fingerprint density at radius 1 is 1.21 bits per heavy atom. The molecular weight excluding hydrogens is 470 g/mol. The van der Waals surface area contributed by atoms with Crippen LogP contribution in [0.15, 0.2) is 47.4 Å². The minimum absolute atomic E-state index is 0.0431. The van der Waals surface area contributed by atoms with Gasteiger partial charge in [0.25, 0.3) is 15.6 Å². The summed E-state index contributed by atoms with van der Waals surface area (Å²) in [7, 11) is -2.19. The molecule has 2 rings (SSSR count). The Balaban J connectivity index is 2.31. The Bertz CT molecular complexity index is 1070. The van der Waals surface area contributed by atoms with Gasteiger partial charge in [0.1, 0.15) is 16.4 Å². The lowest BCUT2D eigenvalue weighted by Gasteiger charge is -2.19. The summed E-state index contributed by atoms with van der Waals surface area (Å²) < 4.78 is 52.9. The number of ether oxygens (including phenoxy) is 2. The van der Waals surface area contributed by atoms with Crippen LogP contribution < -0.4 is 19.5 Å². The van der Waals surface area contributed by atoms with E-state index in [2.05, 4.69) is 10.0 Å². The summed E-state index contributed by atoms with van der Waals surface area (Å²) >= 11 is 0. The van der Waals surface area contributed by atoms with Crippen molar-refractivity contribution in [3.63, 3.8) is 0 Å². The van der Waals surface area contributed by atoms with Crippen molar-refractivity contribution in [1.29, 1.82) is 0 Å². The number of alkyl halides is 1. The van der Waals surface area contributed by atoms with Gasteiger partial charge < -0.3 is 19.9 Å². The van der Waals surface area contributed by atoms with Crippen molar-refractivity contribution in [2.45, 2.75) is 38.2 Å². The number of halogens is 1. The maximum Gasteiger partial charge on any atom is 0.265 e. The second-order valence-electron chi connectivity index (χ2n) is 7.84. The molecule has 2 unspecified atom stereocenters. The maximum atomic E-state index is 13.7. The number of carbonyl (C=O) groups is 1. The third-order valence-electron chi connectivity index (χ3n) is 4.54. The molecule has 182 valence electrons. The van der Waals surface area contributed by atoms with E-state index in [1.807, 2.05) is 23.1 Å². The fraction of sp³-hybridized carbons (Fsp3) is 0.409. The number of carbonyl (C=O) groups excluding carboxylic acids is 1. The van der Waals surface area contributed by atoms with Crippen molar-refractivity contribution in [2.24, 2.45) is 11.8 Å². The van der Waals surface area contributed by atoms with Gasteiger partial charge in [-0.25, -0.2) is 8.42 Å². The van der Waals surface area contributed by atoms with Crippen molar-refractivity contribution >= 4 is 36.5 Å². The molecular formula is C22H30FN2O6PS. The molecule has 1 amide bonds. The van der Waals surface area contributed by atoms with Crippen LogP contribution in [0.2, 0.25) is 0 Å². The summed E-state index contributed by atoms with van der Waals surface area (Å²) in [6, 6.07) is 10.0. The van der Waals surface area contributed by atoms with E-state index >= 15 is 0 Å². The number of sulfonamides is 1. The second-order valence-corrected chi connectivity index (χ2v) is 10.5. The topological polar surface area (TPSA) is 114 Å². The first kappa shape index (κ1) is 26.8. The predicted molar refractivity (Wildman–Crippen MR) is 129 cm³/mol. The van der Waals surface area contributed by atoms with E-state index in [1.54, 1.807) is 6.92 Å². The Kier molecular flexibility index (Phi) is 9.05. The van der Waals surface area contributed by atoms with E-state index in [4.69, 9.17) is 9.47 Å². The predicted octanol–water partition coefficient (Wildman–Crippen LogP) is 3.99. The minimum Gasteiger partial charge on any atom is -0.492 e. The monoisotopic (exact) mass is 500 g/mol. The quantitative estimate of drug-likeness (QED) is 0.402. The zero-order chi connectivity index (χ0) is 24.8. The smallest absolute Gasteiger partial charge is 0.265 e. The Hall–Kier alpha value is -2.42. The van der Waals surface area contributed by atoms with Crippen LogP contribution in [0.4, 0.5) is 15.8 Å². The molecule has 0 aliphatic carbocycles. The number of nitrogens with one attached hydrogen (secondary N) is 2. The van der Waals surface area contributed by atoms with Gasteiger partial charge in [-0.1, -0.05) is 29.2 Å². The Morgan fingerprint density at radius 2 is 1.91 bits per heavy atom. The molecule has 0 saturated carbocycles. The molecule has 0 fully saturated rings. The van der Waals surface area contributed by atoms with Gasteiger partial charge in [-0.05, 0) is 37.1 Å². The molecule has 8 nitrogen and oxygen atoms in total. The van der Waals surface area contributed by atoms with Crippen molar-refractivity contribution < 1.29 is 32.2 Å². The van der Waals surface area contributed by atoms with Gasteiger partial charge in [0.2, 0.25) is 5.91 Å². The first-order valence-electron chi connectivity index (χ1n) is 10.3. The van der Waals surface area contributed by atoms with Crippen LogP contribution in [0.3, 0.4) is 0 Å². The molecule has 2 aromatic carbocycles. The molecule has 0 aliphatic rings. The number of aliphatic hydroxyl groups excluding tert-OH is 1. The molecule has 2 aromatic rings. The zero-order valence-electron chi connectivity index (χ0n) is 19.0. The molecule has 0 aromatic heterocycles. The van der Waals surface area contributed by atoms with Crippen molar-refractivity contribution in [3.05, 3.63) is 42.5 Å². The molecule has 0 bridgehead atoms. The molecule has 0 aliphatic heterocycles. The van der Waals surface area contributed by atoms with Crippen LogP contribution in [-0.4, -0.2) is 38.2 Å². The lowest BCUT2D eigenvalue weighted by atomic mass is 9.96. The van der Waals surface area contributed by atoms with Crippen LogP contribution >= 0.6 is 9.24 Å². The highest BCUT2D eigenvalue weighted by atomic mass is 32.2. The van der Waals surface area contributed by atoms with Gasteiger partial charge in [0.15, 0.2) is 0 Å². The Morgan fingerprint density at radius 3 is 2.48 bits per heavy atom. The second kappa shape index (κ2) is 11.1. The number of amides is 1. The summed E-state index contributed by atoms with van der Waals surface area (Å²) in [5.74, 6) is -0.878. The van der Waals surface area contributed by atoms with Gasteiger partial charge >= 0.3 is 0 Å². The van der Waals surface area contributed by atoms with E-state index in [1.165, 1.54) is 49.4 Å². The number of hydrogen-bond acceptors (Lipinski definition) is 6. The van der Waals surface area contributed by atoms with E-state index in [-0.39, 0.29) is 47.1 Å². The standard InChI is InChI=1S/C22H30FN2O6PS/c1-5-30-19-12-15(24-21(27)18(13-26)14(2)3)9-10-20(19)33(28,29)25-16-7-6-8-17(11-16)31-22(4,23)32/h6-12,14,18,25-26H,5,13,32H2,1-4H3,(H,24,27)/t18-,22?/m1/s1. The summed E-state index contributed by atoms with van der Waals surface area (Å²) in [6.07, 6.45) is 0. The van der Waals surface area contributed by atoms with Crippen molar-refractivity contribution in [1.82, 2.24) is 0 Å². The van der Waals surface area contributed by atoms with Gasteiger partial charge in [-0.15, -0.1) is 0 Å². The van der Waals surface area contributed by atoms with E-state index in [0.29, 0.717) is 5.69 Å². The normalized spacial score (nSPS) is 14.3. The number of benzene rings is 2. The zero-order valence-corrected chi connectivity index (χ0v) is 20.9. The number of rotatable bonds is 11. The van der Waals surface area contributed by atoms with Crippen LogP contribution in [0.5, 0.6) is 11.5 Å². The average Bonchev–Trinajstić information content (AvgIpc) is 2.67. The summed E-state index contributed by atoms with van der Waals surface area (Å²) in [4.78, 5) is 12.3. The highest BCUT2D eigenvalue weighted by molar-refractivity contribution is 7.92. The largest absolute Gasteiger partial charge is 0.492 e. The summed E-state index contributed by atoms with van der Waals surface area (Å²) in [6.45, 7) is 6.43. The molecule has 0 radical (unpaired) electrons. The first-order chi connectivity index (χ1) is 15.4. The highest BCUT2D eigenvalue weighted by Crippen LogP contribution is 2.31. The van der Waals surface area contributed by atoms with Crippen LogP contribution in [-0.2, 0) is 14.8 Å². The maximum absolute atomic E-state index is 13.7. The molecule has 0 saturated heterocycles. The van der Waals surface area contributed by atoms with Gasteiger partial charge in [0, 0.05) is 24.7 Å². The molecule has 33 heavy (non-hydrogen) atoms. The SMILES string of the molecule is CCOc1cc(NC(=O)[C@H](CO)C(C)C)ccc1S(=O)(=O)Nc1cccc(OC(C)(F)P)c1. The third kappa shape index (κ3) is 7.84. The van der Waals surface area contributed by atoms with Gasteiger partial charge in [-0.2, -0.15) is 4.39 Å².